The Morgan fingerprint density at radius 2 is 2.25 bits per heavy atom. The molecule has 0 aromatic rings. The maximum atomic E-state index is 11.8. The van der Waals surface area contributed by atoms with E-state index in [0.29, 0.717) is 5.92 Å². The van der Waals surface area contributed by atoms with Crippen LogP contribution in [0, 0.1) is 5.92 Å². The molecule has 0 saturated carbocycles. The Bertz CT molecular complexity index is 318. The first kappa shape index (κ1) is 12.5. The first-order valence-corrected chi connectivity index (χ1v) is 5.48. The Labute approximate surface area is 95.0 Å². The molecule has 5 nitrogen and oxygen atoms in total. The van der Waals surface area contributed by atoms with E-state index in [1.54, 1.807) is 0 Å². The topological polar surface area (TPSA) is 70.9 Å². The normalized spacial score (nSPS) is 21.2. The quantitative estimate of drug-likeness (QED) is 0.783. The summed E-state index contributed by atoms with van der Waals surface area (Å²) in [5, 5.41) is 9.88. The average molecular weight is 223 g/mol. The van der Waals surface area contributed by atoms with Crippen LogP contribution in [0.3, 0.4) is 0 Å². The van der Waals surface area contributed by atoms with Crippen molar-refractivity contribution < 1.29 is 9.59 Å². The van der Waals surface area contributed by atoms with Crippen molar-refractivity contribution in [2.45, 2.75) is 39.3 Å². The monoisotopic (exact) mass is 223 g/mol. The molecule has 1 aliphatic rings. The summed E-state index contributed by atoms with van der Waals surface area (Å²) in [5.74, 6) is -0.243. The van der Waals surface area contributed by atoms with E-state index in [2.05, 4.69) is 29.4 Å². The zero-order valence-electron chi connectivity index (χ0n) is 9.80. The van der Waals surface area contributed by atoms with Gasteiger partial charge in [-0.05, 0) is 18.4 Å². The van der Waals surface area contributed by atoms with E-state index in [4.69, 9.17) is 0 Å². The molecule has 5 heteroatoms. The molecule has 1 N–H and O–H groups in total. The van der Waals surface area contributed by atoms with Gasteiger partial charge in [0.25, 0.3) is 11.8 Å². The highest BCUT2D eigenvalue weighted by Gasteiger charge is 2.21. The zero-order chi connectivity index (χ0) is 12.1. The number of nitrogens with one attached hydrogen (secondary N) is 1. The van der Waals surface area contributed by atoms with Crippen molar-refractivity contribution in [3.63, 3.8) is 0 Å². The van der Waals surface area contributed by atoms with Crippen LogP contribution in [0.1, 0.15) is 27.2 Å². The number of carbonyl (C=O) groups is 2. The fourth-order valence-electron chi connectivity index (χ4n) is 1.51. The Morgan fingerprint density at radius 3 is 2.69 bits per heavy atom. The van der Waals surface area contributed by atoms with Gasteiger partial charge >= 0.3 is 0 Å². The van der Waals surface area contributed by atoms with Crippen LogP contribution in [0.2, 0.25) is 0 Å². The molecule has 2 unspecified atom stereocenters. The van der Waals surface area contributed by atoms with Crippen LogP contribution >= 0.6 is 0 Å². The van der Waals surface area contributed by atoms with Gasteiger partial charge in [0.05, 0.1) is 0 Å². The molecule has 0 fully saturated rings. The summed E-state index contributed by atoms with van der Waals surface area (Å²) in [6.45, 7) is 6.12. The molecule has 16 heavy (non-hydrogen) atoms. The minimum Gasteiger partial charge on any atom is -0.351 e. The average Bonchev–Trinajstić information content (AvgIpc) is 2.26. The Morgan fingerprint density at radius 1 is 1.56 bits per heavy atom. The fourth-order valence-corrected chi connectivity index (χ4v) is 1.51. The molecule has 1 rings (SSSR count). The van der Waals surface area contributed by atoms with Crippen molar-refractivity contribution in [1.82, 2.24) is 5.32 Å². The molecule has 0 radical (unpaired) electrons. The van der Waals surface area contributed by atoms with Gasteiger partial charge in [0.1, 0.15) is 0 Å². The van der Waals surface area contributed by atoms with Crippen LogP contribution in [-0.2, 0) is 9.59 Å². The van der Waals surface area contributed by atoms with Gasteiger partial charge in [-0.15, -0.1) is 5.11 Å². The molecule has 0 aromatic carbocycles. The van der Waals surface area contributed by atoms with Gasteiger partial charge < -0.3 is 5.32 Å². The molecule has 0 aromatic heterocycles. The Balaban J connectivity index is 2.56. The minimum atomic E-state index is -0.662. The minimum absolute atomic E-state index is 0.133. The van der Waals surface area contributed by atoms with Gasteiger partial charge in [0, 0.05) is 12.1 Å². The summed E-state index contributed by atoms with van der Waals surface area (Å²) in [6, 6.07) is -0.528. The number of rotatable bonds is 4. The van der Waals surface area contributed by atoms with Crippen molar-refractivity contribution in [3.8, 4) is 0 Å². The van der Waals surface area contributed by atoms with Gasteiger partial charge in [0.15, 0.2) is 6.04 Å². The third-order valence-corrected chi connectivity index (χ3v) is 2.54. The first-order chi connectivity index (χ1) is 7.54. The van der Waals surface area contributed by atoms with E-state index in [0.717, 1.165) is 6.42 Å². The smallest absolute Gasteiger partial charge is 0.287 e. The number of nitrogens with zero attached hydrogens (tertiary/aromatic N) is 2. The van der Waals surface area contributed by atoms with E-state index in [9.17, 15) is 9.59 Å². The molecule has 0 aliphatic carbocycles. The highest BCUT2D eigenvalue weighted by molar-refractivity contribution is 5.92. The summed E-state index contributed by atoms with van der Waals surface area (Å²) in [6.07, 6.45) is 3.61. The Hall–Kier alpha value is -1.52. The lowest BCUT2D eigenvalue weighted by molar-refractivity contribution is -0.122. The summed E-state index contributed by atoms with van der Waals surface area (Å²) >= 11 is 0. The molecule has 0 bridgehead atoms. The largest absolute Gasteiger partial charge is 0.351 e. The van der Waals surface area contributed by atoms with Crippen LogP contribution < -0.4 is 5.32 Å². The maximum Gasteiger partial charge on any atom is 0.287 e. The lowest BCUT2D eigenvalue weighted by Gasteiger charge is -2.22. The summed E-state index contributed by atoms with van der Waals surface area (Å²) < 4.78 is 0. The third kappa shape index (κ3) is 3.25. The summed E-state index contributed by atoms with van der Waals surface area (Å²) in [4.78, 5) is 22.5. The van der Waals surface area contributed by atoms with E-state index in [1.165, 1.54) is 12.2 Å². The molecule has 0 saturated heterocycles. The van der Waals surface area contributed by atoms with Crippen LogP contribution in [-0.4, -0.2) is 23.9 Å². The number of hydrogen-bond donors (Lipinski definition) is 1. The third-order valence-electron chi connectivity index (χ3n) is 2.54. The standard InChI is InChI=1S/C11H17N3O2/c1-4-8(7(2)3)12-11(16)9-5-6-10(15)14-13-9/h5-9H,4H2,1-3H3,(H,12,16). The van der Waals surface area contributed by atoms with E-state index in [-0.39, 0.29) is 11.9 Å². The van der Waals surface area contributed by atoms with Crippen molar-refractivity contribution in [2.24, 2.45) is 16.1 Å². The van der Waals surface area contributed by atoms with Crippen LogP contribution in [0.4, 0.5) is 0 Å². The van der Waals surface area contributed by atoms with Gasteiger partial charge in [0.2, 0.25) is 0 Å². The van der Waals surface area contributed by atoms with Crippen LogP contribution in [0.15, 0.2) is 22.4 Å². The second-order valence-corrected chi connectivity index (χ2v) is 4.13. The van der Waals surface area contributed by atoms with Crippen molar-refractivity contribution in [2.75, 3.05) is 0 Å². The molecule has 0 spiro atoms. The van der Waals surface area contributed by atoms with Gasteiger partial charge in [-0.3, -0.25) is 9.59 Å². The number of carbonyl (C=O) groups excluding carboxylic acids is 2. The molecule has 88 valence electrons. The van der Waals surface area contributed by atoms with Crippen LogP contribution in [0.5, 0.6) is 0 Å². The van der Waals surface area contributed by atoms with E-state index < -0.39 is 11.9 Å². The van der Waals surface area contributed by atoms with Gasteiger partial charge in [-0.2, -0.15) is 5.11 Å². The lowest BCUT2D eigenvalue weighted by atomic mass is 10.0. The summed E-state index contributed by atoms with van der Waals surface area (Å²) in [5.41, 5.74) is 0. The molecular formula is C11H17N3O2. The second-order valence-electron chi connectivity index (χ2n) is 4.13. The molecule has 2 amide bonds. The SMILES string of the molecule is CCC(NC(=O)C1C=CC(=O)N=N1)C(C)C. The maximum absolute atomic E-state index is 11.8. The fraction of sp³-hybridized carbons (Fsp3) is 0.636. The zero-order valence-corrected chi connectivity index (χ0v) is 9.80. The first-order valence-electron chi connectivity index (χ1n) is 5.48. The van der Waals surface area contributed by atoms with Gasteiger partial charge in [-0.1, -0.05) is 20.8 Å². The van der Waals surface area contributed by atoms with Crippen LogP contribution in [0.25, 0.3) is 0 Å². The number of hydrogen-bond acceptors (Lipinski definition) is 3. The molecular weight excluding hydrogens is 206 g/mol. The van der Waals surface area contributed by atoms with Gasteiger partial charge in [-0.25, -0.2) is 0 Å². The molecule has 1 aliphatic heterocycles. The second kappa shape index (κ2) is 5.53. The highest BCUT2D eigenvalue weighted by Crippen LogP contribution is 2.08. The van der Waals surface area contributed by atoms with E-state index in [1.807, 2.05) is 6.92 Å². The predicted octanol–water partition coefficient (Wildman–Crippen LogP) is 1.45. The molecule has 2 atom stereocenters. The van der Waals surface area contributed by atoms with Crippen molar-refractivity contribution >= 4 is 11.8 Å². The van der Waals surface area contributed by atoms with Crippen molar-refractivity contribution in [1.29, 1.82) is 0 Å². The predicted molar refractivity (Wildman–Crippen MR) is 59.9 cm³/mol. The highest BCUT2D eigenvalue weighted by atomic mass is 16.2. The Kier molecular flexibility index (Phi) is 4.34. The number of azo groups is 1. The molecule has 1 heterocycles. The van der Waals surface area contributed by atoms with Crippen molar-refractivity contribution in [3.05, 3.63) is 12.2 Å². The lowest BCUT2D eigenvalue weighted by Crippen LogP contribution is -2.42. The summed E-state index contributed by atoms with van der Waals surface area (Å²) in [7, 11) is 0. The van der Waals surface area contributed by atoms with E-state index >= 15 is 0 Å². The number of amides is 2.